The van der Waals surface area contributed by atoms with E-state index in [1.54, 1.807) is 59.2 Å². The lowest BCUT2D eigenvalue weighted by molar-refractivity contribution is -0.138. The Kier molecular flexibility index (Phi) is 5.93. The van der Waals surface area contributed by atoms with Crippen molar-refractivity contribution < 1.29 is 22.4 Å². The summed E-state index contributed by atoms with van der Waals surface area (Å²) in [4.78, 5) is 12.2. The van der Waals surface area contributed by atoms with Gasteiger partial charge in [0, 0.05) is 38.5 Å². The van der Waals surface area contributed by atoms with Gasteiger partial charge < -0.3 is 10.3 Å². The van der Waals surface area contributed by atoms with Crippen LogP contribution in [0.4, 0.5) is 17.6 Å². The predicted octanol–water partition coefficient (Wildman–Crippen LogP) is 8.07. The normalized spacial score (nSPS) is 11.9. The van der Waals surface area contributed by atoms with Crippen LogP contribution in [-0.4, -0.2) is 10.5 Å². The summed E-state index contributed by atoms with van der Waals surface area (Å²) in [6, 6.07) is 17.8. The fourth-order valence-electron chi connectivity index (χ4n) is 4.57. The van der Waals surface area contributed by atoms with E-state index >= 15 is 0 Å². The summed E-state index contributed by atoms with van der Waals surface area (Å²) in [6.45, 7) is -0.239. The molecule has 2 N–H and O–H groups in total. The maximum atomic E-state index is 13.8. The lowest BCUT2D eigenvalue weighted by Crippen LogP contribution is -2.13. The van der Waals surface area contributed by atoms with Crippen molar-refractivity contribution in [2.24, 2.45) is 5.73 Å². The molecule has 0 radical (unpaired) electrons. The van der Waals surface area contributed by atoms with Crippen molar-refractivity contribution in [3.8, 4) is 11.1 Å². The first-order valence-corrected chi connectivity index (χ1v) is 11.5. The molecule has 0 saturated heterocycles. The number of benzene rings is 4. The Hall–Kier alpha value is -3.55. The second kappa shape index (κ2) is 8.84. The first kappa shape index (κ1) is 24.2. The van der Waals surface area contributed by atoms with Crippen LogP contribution in [0.25, 0.3) is 32.9 Å². The van der Waals surface area contributed by atoms with Gasteiger partial charge in [0.2, 0.25) is 5.91 Å². The molecule has 4 aromatic carbocycles. The number of aromatic nitrogens is 1. The number of nitrogens with zero attached hydrogens (tertiary/aromatic N) is 1. The number of alkyl halides is 3. The zero-order valence-corrected chi connectivity index (χ0v) is 19.8. The number of hydrogen-bond donors (Lipinski definition) is 1. The summed E-state index contributed by atoms with van der Waals surface area (Å²) in [7, 11) is 0. The van der Waals surface area contributed by atoms with Crippen LogP contribution in [0.15, 0.2) is 72.8 Å². The highest BCUT2D eigenvalue weighted by atomic mass is 35.5. The Bertz CT molecular complexity index is 1650. The fraction of sp³-hybridized carbons (Fsp3) is 0.0741. The van der Waals surface area contributed by atoms with Gasteiger partial charge in [-0.15, -0.1) is 0 Å². The van der Waals surface area contributed by atoms with Crippen molar-refractivity contribution in [3.63, 3.8) is 0 Å². The molecule has 0 fully saturated rings. The van der Waals surface area contributed by atoms with Gasteiger partial charge >= 0.3 is 6.18 Å². The quantitative estimate of drug-likeness (QED) is 0.234. The number of amides is 1. The third-order valence-corrected chi connectivity index (χ3v) is 6.74. The third-order valence-electron chi connectivity index (χ3n) is 6.11. The van der Waals surface area contributed by atoms with Crippen LogP contribution in [0.1, 0.15) is 21.5 Å². The molecular formula is C27H16Cl2F4N2O. The molecule has 0 bridgehead atoms. The molecule has 0 atom stereocenters. The van der Waals surface area contributed by atoms with E-state index in [2.05, 4.69) is 0 Å². The van der Waals surface area contributed by atoms with Crippen LogP contribution in [-0.2, 0) is 12.7 Å². The maximum absolute atomic E-state index is 13.8. The second-order valence-electron chi connectivity index (χ2n) is 8.28. The van der Waals surface area contributed by atoms with Crippen molar-refractivity contribution >= 4 is 50.9 Å². The molecule has 0 aliphatic heterocycles. The van der Waals surface area contributed by atoms with E-state index in [0.29, 0.717) is 49.0 Å². The Morgan fingerprint density at radius 1 is 0.889 bits per heavy atom. The predicted molar refractivity (Wildman–Crippen MR) is 134 cm³/mol. The summed E-state index contributed by atoms with van der Waals surface area (Å²) in [5.41, 5.74) is 6.88. The Morgan fingerprint density at radius 3 is 2.25 bits per heavy atom. The van der Waals surface area contributed by atoms with Crippen molar-refractivity contribution in [2.45, 2.75) is 12.7 Å². The Labute approximate surface area is 212 Å². The van der Waals surface area contributed by atoms with E-state index in [-0.39, 0.29) is 17.7 Å². The van der Waals surface area contributed by atoms with Gasteiger partial charge in [-0.25, -0.2) is 4.39 Å². The van der Waals surface area contributed by atoms with Crippen LogP contribution >= 0.6 is 23.2 Å². The fourth-order valence-corrected chi connectivity index (χ4v) is 5.19. The molecule has 0 unspecified atom stereocenters. The summed E-state index contributed by atoms with van der Waals surface area (Å²) in [5.74, 6) is -1.66. The number of rotatable bonds is 4. The van der Waals surface area contributed by atoms with Crippen molar-refractivity contribution in [3.05, 3.63) is 105 Å². The second-order valence-corrected chi connectivity index (χ2v) is 9.09. The molecular weight excluding hydrogens is 515 g/mol. The molecule has 5 rings (SSSR count). The van der Waals surface area contributed by atoms with Crippen molar-refractivity contribution in [2.75, 3.05) is 0 Å². The number of nitrogens with two attached hydrogens (primary N) is 1. The smallest absolute Gasteiger partial charge is 0.366 e. The molecule has 0 aliphatic carbocycles. The summed E-state index contributed by atoms with van der Waals surface area (Å²) in [5, 5.41) is 1.93. The highest BCUT2D eigenvalue weighted by Crippen LogP contribution is 2.40. The number of halogens is 6. The number of fused-ring (bicyclic) bond motifs is 3. The van der Waals surface area contributed by atoms with Gasteiger partial charge in [0.25, 0.3) is 0 Å². The lowest BCUT2D eigenvalue weighted by Gasteiger charge is -2.15. The number of carbonyl (C=O) groups is 1. The Morgan fingerprint density at radius 2 is 1.58 bits per heavy atom. The van der Waals surface area contributed by atoms with Crippen molar-refractivity contribution in [1.29, 1.82) is 0 Å². The van der Waals surface area contributed by atoms with E-state index in [0.717, 1.165) is 12.1 Å². The lowest BCUT2D eigenvalue weighted by atomic mass is 10.0. The SMILES string of the molecule is NC(=O)c1cccc2c1c1ccc(-c3c(Cl)cccc3Cl)cc1n2Cc1ccc(F)cc1C(F)(F)F. The van der Waals surface area contributed by atoms with Crippen LogP contribution in [0.2, 0.25) is 10.0 Å². The molecule has 1 heterocycles. The first-order valence-electron chi connectivity index (χ1n) is 10.7. The first-order chi connectivity index (χ1) is 17.1. The highest BCUT2D eigenvalue weighted by molar-refractivity contribution is 6.39. The average molecular weight is 531 g/mol. The largest absolute Gasteiger partial charge is 0.416 e. The summed E-state index contributed by atoms with van der Waals surface area (Å²) < 4.78 is 56.7. The molecule has 36 heavy (non-hydrogen) atoms. The molecule has 0 aliphatic rings. The van der Waals surface area contributed by atoms with Gasteiger partial charge in [0.1, 0.15) is 5.82 Å². The summed E-state index contributed by atoms with van der Waals surface area (Å²) >= 11 is 12.8. The van der Waals surface area contributed by atoms with E-state index < -0.39 is 23.5 Å². The topological polar surface area (TPSA) is 48.0 Å². The van der Waals surface area contributed by atoms with Gasteiger partial charge in [-0.1, -0.05) is 53.5 Å². The number of primary amides is 1. The standard InChI is InChI=1S/C27H16Cl2F4N2O/c28-20-4-2-5-21(29)24(20)14-8-10-17-23(11-14)35(22-6-1-3-18(25(17)22)26(34)36)13-15-7-9-16(30)12-19(15)27(31,32)33/h1-12H,13H2,(H2,34,36). The van der Waals surface area contributed by atoms with Gasteiger partial charge in [-0.3, -0.25) is 4.79 Å². The molecule has 0 saturated carbocycles. The molecule has 1 aromatic heterocycles. The van der Waals surface area contributed by atoms with Gasteiger partial charge in [0.05, 0.1) is 16.6 Å². The molecule has 182 valence electrons. The van der Waals surface area contributed by atoms with Crippen LogP contribution in [0.3, 0.4) is 0 Å². The molecule has 0 spiro atoms. The van der Waals surface area contributed by atoms with E-state index in [9.17, 15) is 22.4 Å². The molecule has 3 nitrogen and oxygen atoms in total. The maximum Gasteiger partial charge on any atom is 0.416 e. The zero-order chi connectivity index (χ0) is 25.8. The number of hydrogen-bond acceptors (Lipinski definition) is 1. The minimum absolute atomic E-state index is 0.131. The third kappa shape index (κ3) is 4.08. The zero-order valence-electron chi connectivity index (χ0n) is 18.3. The summed E-state index contributed by atoms with van der Waals surface area (Å²) in [6.07, 6.45) is -4.76. The highest BCUT2D eigenvalue weighted by Gasteiger charge is 2.34. The average Bonchev–Trinajstić information content (AvgIpc) is 3.12. The minimum Gasteiger partial charge on any atom is -0.366 e. The van der Waals surface area contributed by atoms with Gasteiger partial charge in [0.15, 0.2) is 0 Å². The molecule has 1 amide bonds. The Balaban J connectivity index is 1.84. The van der Waals surface area contributed by atoms with Crippen LogP contribution in [0.5, 0.6) is 0 Å². The van der Waals surface area contributed by atoms with Gasteiger partial charge in [-0.2, -0.15) is 13.2 Å². The van der Waals surface area contributed by atoms with Crippen molar-refractivity contribution in [1.82, 2.24) is 4.57 Å². The van der Waals surface area contributed by atoms with Gasteiger partial charge in [-0.05, 0) is 53.6 Å². The van der Waals surface area contributed by atoms with E-state index in [1.165, 1.54) is 0 Å². The van der Waals surface area contributed by atoms with Crippen LogP contribution in [0, 0.1) is 5.82 Å². The minimum atomic E-state index is -4.76. The monoisotopic (exact) mass is 530 g/mol. The van der Waals surface area contributed by atoms with E-state index in [4.69, 9.17) is 28.9 Å². The van der Waals surface area contributed by atoms with E-state index in [1.807, 2.05) is 0 Å². The molecule has 5 aromatic rings. The number of carbonyl (C=O) groups excluding carboxylic acids is 1. The molecule has 9 heteroatoms. The van der Waals surface area contributed by atoms with Crippen LogP contribution < -0.4 is 5.73 Å².